The first-order valence-electron chi connectivity index (χ1n) is 12.0. The van der Waals surface area contributed by atoms with E-state index >= 15 is 0 Å². The van der Waals surface area contributed by atoms with Crippen molar-refractivity contribution >= 4 is 28.5 Å². The number of aliphatic carboxylic acids is 1. The van der Waals surface area contributed by atoms with Crippen LogP contribution in [0.15, 0.2) is 66.7 Å². The SMILES string of the molecule is Cc1c(Oc2ccc(Cl)cc2)c2ccc(OC(F)(F)F)cc2n1Cc1cccc(CC(OCC(F)(F)F)C(=O)O)c1. The zero-order valence-corrected chi connectivity index (χ0v) is 22.0. The summed E-state index contributed by atoms with van der Waals surface area (Å²) in [5.74, 6) is -1.17. The number of halogens is 7. The van der Waals surface area contributed by atoms with Crippen molar-refractivity contribution in [1.82, 2.24) is 4.57 Å². The second-order valence-corrected chi connectivity index (χ2v) is 9.50. The van der Waals surface area contributed by atoms with Crippen molar-refractivity contribution < 1.29 is 50.5 Å². The molecule has 218 valence electrons. The van der Waals surface area contributed by atoms with Gasteiger partial charge in [-0.3, -0.25) is 0 Å². The van der Waals surface area contributed by atoms with Gasteiger partial charge in [-0.05, 0) is 54.4 Å². The van der Waals surface area contributed by atoms with Crippen LogP contribution in [0.25, 0.3) is 10.9 Å². The molecule has 0 aliphatic heterocycles. The molecule has 0 saturated heterocycles. The van der Waals surface area contributed by atoms with Crippen LogP contribution in [0.3, 0.4) is 0 Å². The average molecular weight is 602 g/mol. The van der Waals surface area contributed by atoms with Crippen LogP contribution in [0.1, 0.15) is 16.8 Å². The lowest BCUT2D eigenvalue weighted by Crippen LogP contribution is -2.31. The molecule has 0 aliphatic carbocycles. The molecule has 1 N–H and O–H groups in total. The van der Waals surface area contributed by atoms with Crippen LogP contribution in [0.5, 0.6) is 17.2 Å². The van der Waals surface area contributed by atoms with Crippen LogP contribution in [0, 0.1) is 6.92 Å². The van der Waals surface area contributed by atoms with Crippen molar-refractivity contribution in [3.05, 3.63) is 88.6 Å². The second-order valence-electron chi connectivity index (χ2n) is 9.06. The van der Waals surface area contributed by atoms with E-state index in [0.717, 1.165) is 0 Å². The molecule has 1 heterocycles. The molecule has 0 bridgehead atoms. The highest BCUT2D eigenvalue weighted by Gasteiger charge is 2.32. The van der Waals surface area contributed by atoms with Gasteiger partial charge in [0.05, 0.1) is 11.2 Å². The van der Waals surface area contributed by atoms with E-state index in [1.54, 1.807) is 60.0 Å². The summed E-state index contributed by atoms with van der Waals surface area (Å²) < 4.78 is 92.9. The zero-order valence-electron chi connectivity index (χ0n) is 21.2. The van der Waals surface area contributed by atoms with Gasteiger partial charge in [0.2, 0.25) is 0 Å². The molecule has 1 unspecified atom stereocenters. The van der Waals surface area contributed by atoms with Crippen molar-refractivity contribution in [3.63, 3.8) is 0 Å². The lowest BCUT2D eigenvalue weighted by Gasteiger charge is -2.16. The summed E-state index contributed by atoms with van der Waals surface area (Å²) in [5, 5.41) is 10.3. The highest BCUT2D eigenvalue weighted by molar-refractivity contribution is 6.30. The Labute approximate surface area is 234 Å². The molecule has 4 aromatic rings. The number of hydrogen-bond donors (Lipinski definition) is 1. The molecule has 0 radical (unpaired) electrons. The molecule has 0 spiro atoms. The lowest BCUT2D eigenvalue weighted by atomic mass is 10.0. The van der Waals surface area contributed by atoms with Gasteiger partial charge in [0.1, 0.15) is 18.1 Å². The third kappa shape index (κ3) is 8.08. The first-order chi connectivity index (χ1) is 19.2. The van der Waals surface area contributed by atoms with Gasteiger partial charge >= 0.3 is 18.5 Å². The monoisotopic (exact) mass is 601 g/mol. The molecule has 6 nitrogen and oxygen atoms in total. The standard InChI is InChI=1S/C28H22ClF6NO5/c1-16-25(40-20-7-5-19(29)6-8-20)22-10-9-21(41-28(33,34)35)13-23(22)36(16)14-18-4-2-3-17(11-18)12-24(26(37)38)39-15-27(30,31)32/h2-11,13,24H,12,14-15H2,1H3,(H,37,38). The Balaban J connectivity index is 1.69. The number of benzene rings is 3. The largest absolute Gasteiger partial charge is 0.573 e. The fourth-order valence-electron chi connectivity index (χ4n) is 4.24. The Morgan fingerprint density at radius 2 is 1.61 bits per heavy atom. The minimum atomic E-state index is -4.91. The van der Waals surface area contributed by atoms with E-state index in [9.17, 15) is 36.2 Å². The quantitative estimate of drug-likeness (QED) is 0.187. The van der Waals surface area contributed by atoms with Gasteiger partial charge in [0.25, 0.3) is 0 Å². The molecule has 1 aromatic heterocycles. The minimum Gasteiger partial charge on any atom is -0.479 e. The smallest absolute Gasteiger partial charge is 0.479 e. The lowest BCUT2D eigenvalue weighted by molar-refractivity contribution is -0.274. The maximum atomic E-state index is 12.9. The number of carboxylic acids is 1. The van der Waals surface area contributed by atoms with Crippen molar-refractivity contribution in [2.45, 2.75) is 38.5 Å². The molecule has 1 atom stereocenters. The van der Waals surface area contributed by atoms with E-state index < -0.39 is 37.0 Å². The Kier molecular flexibility index (Phi) is 8.74. The first-order valence-corrected chi connectivity index (χ1v) is 12.4. The average Bonchev–Trinajstić information content (AvgIpc) is 3.11. The van der Waals surface area contributed by atoms with E-state index in [0.29, 0.717) is 44.2 Å². The number of ether oxygens (including phenoxy) is 3. The van der Waals surface area contributed by atoms with Gasteiger partial charge in [-0.1, -0.05) is 35.9 Å². The normalized spacial score (nSPS) is 12.9. The van der Waals surface area contributed by atoms with Crippen LogP contribution in [0.4, 0.5) is 26.3 Å². The summed E-state index contributed by atoms with van der Waals surface area (Å²) in [6.07, 6.45) is -11.7. The predicted molar refractivity (Wildman–Crippen MR) is 138 cm³/mol. The highest BCUT2D eigenvalue weighted by atomic mass is 35.5. The van der Waals surface area contributed by atoms with Gasteiger partial charge < -0.3 is 23.9 Å². The van der Waals surface area contributed by atoms with Crippen LogP contribution in [-0.4, -0.2) is 40.9 Å². The first kappa shape index (κ1) is 30.1. The second kappa shape index (κ2) is 11.9. The molecular weight excluding hydrogens is 580 g/mol. The Morgan fingerprint density at radius 3 is 2.24 bits per heavy atom. The number of hydrogen-bond acceptors (Lipinski definition) is 4. The highest BCUT2D eigenvalue weighted by Crippen LogP contribution is 2.39. The number of carbonyl (C=O) groups is 1. The Morgan fingerprint density at radius 1 is 0.951 bits per heavy atom. The summed E-state index contributed by atoms with van der Waals surface area (Å²) in [6.45, 7) is 0.110. The van der Waals surface area contributed by atoms with Gasteiger partial charge in [0, 0.05) is 29.4 Å². The molecule has 41 heavy (non-hydrogen) atoms. The molecule has 0 fully saturated rings. The third-order valence-electron chi connectivity index (χ3n) is 5.98. The van der Waals surface area contributed by atoms with Crippen LogP contribution in [-0.2, 0) is 22.5 Å². The summed E-state index contributed by atoms with van der Waals surface area (Å²) >= 11 is 5.95. The zero-order chi connectivity index (χ0) is 29.9. The molecule has 0 aliphatic rings. The molecular formula is C28H22ClF6NO5. The van der Waals surface area contributed by atoms with E-state index in [4.69, 9.17) is 16.3 Å². The summed E-state index contributed by atoms with van der Waals surface area (Å²) in [7, 11) is 0. The molecule has 13 heteroatoms. The number of aromatic nitrogens is 1. The number of rotatable bonds is 10. The molecule has 0 saturated carbocycles. The number of fused-ring (bicyclic) bond motifs is 1. The van der Waals surface area contributed by atoms with E-state index in [-0.39, 0.29) is 13.0 Å². The van der Waals surface area contributed by atoms with Crippen molar-refractivity contribution in [1.29, 1.82) is 0 Å². The maximum absolute atomic E-state index is 12.9. The van der Waals surface area contributed by atoms with Crippen LogP contribution >= 0.6 is 11.6 Å². The Bertz CT molecular complexity index is 1530. The van der Waals surface area contributed by atoms with Gasteiger partial charge in [-0.25, -0.2) is 4.79 Å². The predicted octanol–water partition coefficient (Wildman–Crippen LogP) is 7.92. The van der Waals surface area contributed by atoms with Gasteiger partial charge in [-0.2, -0.15) is 13.2 Å². The molecule has 0 amide bonds. The summed E-state index contributed by atoms with van der Waals surface area (Å²) in [4.78, 5) is 11.5. The third-order valence-corrected chi connectivity index (χ3v) is 6.23. The number of alkyl halides is 6. The topological polar surface area (TPSA) is 69.9 Å². The van der Waals surface area contributed by atoms with E-state index in [2.05, 4.69) is 9.47 Å². The summed E-state index contributed by atoms with van der Waals surface area (Å²) in [6, 6.07) is 16.8. The summed E-state index contributed by atoms with van der Waals surface area (Å²) in [5.41, 5.74) is 1.91. The fourth-order valence-corrected chi connectivity index (χ4v) is 4.37. The van der Waals surface area contributed by atoms with Crippen LogP contribution in [0.2, 0.25) is 5.02 Å². The Hall–Kier alpha value is -3.90. The molecule has 3 aromatic carbocycles. The van der Waals surface area contributed by atoms with E-state index in [1.165, 1.54) is 18.2 Å². The number of nitrogens with zero attached hydrogens (tertiary/aromatic N) is 1. The van der Waals surface area contributed by atoms with Crippen molar-refractivity contribution in [2.75, 3.05) is 6.61 Å². The molecule has 4 rings (SSSR count). The van der Waals surface area contributed by atoms with Crippen LogP contribution < -0.4 is 9.47 Å². The van der Waals surface area contributed by atoms with Gasteiger partial charge in [0.15, 0.2) is 11.9 Å². The fraction of sp³-hybridized carbons (Fsp3) is 0.250. The van der Waals surface area contributed by atoms with E-state index in [1.807, 2.05) is 0 Å². The van der Waals surface area contributed by atoms with Crippen molar-refractivity contribution in [3.8, 4) is 17.2 Å². The van der Waals surface area contributed by atoms with Gasteiger partial charge in [-0.15, -0.1) is 13.2 Å². The minimum absolute atomic E-state index is 0.108. The number of carboxylic acid groups (broad SMARTS) is 1. The van der Waals surface area contributed by atoms with Crippen molar-refractivity contribution in [2.24, 2.45) is 0 Å². The maximum Gasteiger partial charge on any atom is 0.573 e.